The molecular formula is C19H25ClN2O. The summed E-state index contributed by atoms with van der Waals surface area (Å²) in [4.78, 5) is 3.41. The zero-order valence-electron chi connectivity index (χ0n) is 13.5. The Morgan fingerprint density at radius 1 is 1.22 bits per heavy atom. The first kappa shape index (κ1) is 15.5. The number of ether oxygens (including phenoxy) is 1. The van der Waals surface area contributed by atoms with Crippen molar-refractivity contribution in [1.82, 2.24) is 10.3 Å². The van der Waals surface area contributed by atoms with Gasteiger partial charge in [0.1, 0.15) is 0 Å². The molecule has 0 unspecified atom stereocenters. The van der Waals surface area contributed by atoms with Crippen LogP contribution in [-0.2, 0) is 4.74 Å². The summed E-state index contributed by atoms with van der Waals surface area (Å²) >= 11 is 6.20. The van der Waals surface area contributed by atoms with Gasteiger partial charge >= 0.3 is 0 Å². The minimum Gasteiger partial charge on any atom is -0.377 e. The monoisotopic (exact) mass is 332 g/mol. The fraction of sp³-hybridized carbons (Fsp3) is 0.579. The van der Waals surface area contributed by atoms with Gasteiger partial charge in [-0.2, -0.15) is 0 Å². The van der Waals surface area contributed by atoms with Gasteiger partial charge in [0.25, 0.3) is 0 Å². The van der Waals surface area contributed by atoms with Crippen molar-refractivity contribution in [2.75, 3.05) is 13.2 Å². The number of aromatic nitrogens is 1. The lowest BCUT2D eigenvalue weighted by Gasteiger charge is -2.30. The lowest BCUT2D eigenvalue weighted by Crippen LogP contribution is -2.38. The second kappa shape index (κ2) is 6.84. The third-order valence-electron chi connectivity index (χ3n) is 5.45. The second-order valence-electron chi connectivity index (χ2n) is 7.04. The van der Waals surface area contributed by atoms with Crippen LogP contribution in [0.5, 0.6) is 0 Å². The average molecular weight is 333 g/mol. The van der Waals surface area contributed by atoms with Crippen molar-refractivity contribution in [3.8, 4) is 0 Å². The Morgan fingerprint density at radius 2 is 2.17 bits per heavy atom. The number of hydrogen-bond donors (Lipinski definition) is 2. The van der Waals surface area contributed by atoms with Crippen LogP contribution in [0.1, 0.15) is 50.0 Å². The summed E-state index contributed by atoms with van der Waals surface area (Å²) in [5, 5.41) is 5.87. The SMILES string of the molecule is Clc1ccc2[nH]cc([C@@H]3CCC[C@H](NC[C@H]4CCCO4)C3)c2c1. The molecule has 1 saturated carbocycles. The second-order valence-corrected chi connectivity index (χ2v) is 7.47. The van der Waals surface area contributed by atoms with Crippen LogP contribution in [0.3, 0.4) is 0 Å². The number of halogens is 1. The molecule has 1 saturated heterocycles. The maximum atomic E-state index is 6.20. The van der Waals surface area contributed by atoms with Gasteiger partial charge in [0.2, 0.25) is 0 Å². The predicted molar refractivity (Wildman–Crippen MR) is 95.3 cm³/mol. The van der Waals surface area contributed by atoms with Crippen LogP contribution in [0, 0.1) is 0 Å². The van der Waals surface area contributed by atoms with Crippen LogP contribution in [0.2, 0.25) is 5.02 Å². The minimum atomic E-state index is 0.433. The van der Waals surface area contributed by atoms with Crippen molar-refractivity contribution in [3.63, 3.8) is 0 Å². The van der Waals surface area contributed by atoms with Crippen molar-refractivity contribution in [3.05, 3.63) is 35.0 Å². The Hall–Kier alpha value is -1.03. The maximum Gasteiger partial charge on any atom is 0.0700 e. The normalized spacial score (nSPS) is 28.5. The molecule has 0 spiro atoms. The van der Waals surface area contributed by atoms with Crippen LogP contribution < -0.4 is 5.32 Å². The number of fused-ring (bicyclic) bond motifs is 1. The van der Waals surface area contributed by atoms with E-state index in [1.807, 2.05) is 6.07 Å². The molecule has 0 amide bonds. The van der Waals surface area contributed by atoms with E-state index in [-0.39, 0.29) is 0 Å². The van der Waals surface area contributed by atoms with Gasteiger partial charge in [-0.3, -0.25) is 0 Å². The molecule has 3 atom stereocenters. The zero-order valence-corrected chi connectivity index (χ0v) is 14.2. The van der Waals surface area contributed by atoms with Gasteiger partial charge in [0, 0.05) is 41.3 Å². The van der Waals surface area contributed by atoms with Crippen LogP contribution in [-0.4, -0.2) is 30.3 Å². The Balaban J connectivity index is 1.44. The summed E-state index contributed by atoms with van der Waals surface area (Å²) in [7, 11) is 0. The molecule has 124 valence electrons. The Labute approximate surface area is 142 Å². The standard InChI is InChI=1S/C19H25ClN2O/c20-14-6-7-19-17(10-14)18(12-22-19)13-3-1-4-15(9-13)21-11-16-5-2-8-23-16/h6-7,10,12-13,15-16,21-22H,1-5,8-9,11H2/t13-,15+,16-/m1/s1. The molecule has 1 aliphatic carbocycles. The van der Waals surface area contributed by atoms with Gasteiger partial charge in [-0.15, -0.1) is 0 Å². The fourth-order valence-electron chi connectivity index (χ4n) is 4.21. The summed E-state index contributed by atoms with van der Waals surface area (Å²) in [6.45, 7) is 1.95. The van der Waals surface area contributed by atoms with E-state index < -0.39 is 0 Å². The molecule has 0 bridgehead atoms. The van der Waals surface area contributed by atoms with E-state index in [1.54, 1.807) is 0 Å². The molecule has 4 rings (SSSR count). The van der Waals surface area contributed by atoms with E-state index >= 15 is 0 Å². The Morgan fingerprint density at radius 3 is 3.04 bits per heavy atom. The summed E-state index contributed by atoms with van der Waals surface area (Å²) in [6.07, 6.45) is 10.1. The van der Waals surface area contributed by atoms with E-state index in [9.17, 15) is 0 Å². The summed E-state index contributed by atoms with van der Waals surface area (Å²) in [5.41, 5.74) is 2.63. The first-order chi connectivity index (χ1) is 11.3. The van der Waals surface area contributed by atoms with Gasteiger partial charge in [-0.05, 0) is 61.8 Å². The number of nitrogens with one attached hydrogen (secondary N) is 2. The van der Waals surface area contributed by atoms with Crippen molar-refractivity contribution < 1.29 is 4.74 Å². The van der Waals surface area contributed by atoms with Crippen molar-refractivity contribution in [2.45, 2.75) is 56.6 Å². The molecule has 23 heavy (non-hydrogen) atoms. The topological polar surface area (TPSA) is 37.0 Å². The first-order valence-electron chi connectivity index (χ1n) is 8.91. The van der Waals surface area contributed by atoms with E-state index in [1.165, 1.54) is 55.0 Å². The number of H-pyrrole nitrogens is 1. The number of aromatic amines is 1. The summed E-state index contributed by atoms with van der Waals surface area (Å²) in [6, 6.07) is 6.75. The first-order valence-corrected chi connectivity index (χ1v) is 9.29. The lowest BCUT2D eigenvalue weighted by molar-refractivity contribution is 0.105. The molecule has 3 nitrogen and oxygen atoms in total. The highest BCUT2D eigenvalue weighted by atomic mass is 35.5. The molecule has 2 aromatic rings. The molecule has 2 heterocycles. The Kier molecular flexibility index (Phi) is 4.61. The van der Waals surface area contributed by atoms with Gasteiger partial charge in [-0.1, -0.05) is 18.0 Å². The fourth-order valence-corrected chi connectivity index (χ4v) is 4.39. The molecule has 1 aliphatic heterocycles. The van der Waals surface area contributed by atoms with E-state index in [0.29, 0.717) is 18.1 Å². The van der Waals surface area contributed by atoms with E-state index in [4.69, 9.17) is 16.3 Å². The van der Waals surface area contributed by atoms with E-state index in [0.717, 1.165) is 18.2 Å². The number of benzene rings is 1. The predicted octanol–water partition coefficient (Wildman–Crippen LogP) is 4.62. The molecule has 2 fully saturated rings. The van der Waals surface area contributed by atoms with Crippen LogP contribution in [0.25, 0.3) is 10.9 Å². The number of rotatable bonds is 4. The third-order valence-corrected chi connectivity index (χ3v) is 5.68. The number of hydrogen-bond acceptors (Lipinski definition) is 2. The summed E-state index contributed by atoms with van der Waals surface area (Å²) < 4.78 is 5.73. The van der Waals surface area contributed by atoms with E-state index in [2.05, 4.69) is 28.6 Å². The summed E-state index contributed by atoms with van der Waals surface area (Å²) in [5.74, 6) is 0.623. The van der Waals surface area contributed by atoms with Crippen molar-refractivity contribution in [1.29, 1.82) is 0 Å². The molecule has 0 radical (unpaired) electrons. The molecule has 1 aromatic heterocycles. The van der Waals surface area contributed by atoms with Crippen molar-refractivity contribution >= 4 is 22.5 Å². The minimum absolute atomic E-state index is 0.433. The van der Waals surface area contributed by atoms with Crippen molar-refractivity contribution in [2.24, 2.45) is 0 Å². The van der Waals surface area contributed by atoms with Gasteiger partial charge in [0.05, 0.1) is 6.10 Å². The highest BCUT2D eigenvalue weighted by Gasteiger charge is 2.26. The lowest BCUT2D eigenvalue weighted by atomic mass is 9.81. The highest BCUT2D eigenvalue weighted by Crippen LogP contribution is 2.37. The van der Waals surface area contributed by atoms with Gasteiger partial charge in [0.15, 0.2) is 0 Å². The Bertz CT molecular complexity index is 662. The molecule has 1 aromatic carbocycles. The smallest absolute Gasteiger partial charge is 0.0700 e. The molecule has 4 heteroatoms. The largest absolute Gasteiger partial charge is 0.377 e. The van der Waals surface area contributed by atoms with Crippen LogP contribution >= 0.6 is 11.6 Å². The quantitative estimate of drug-likeness (QED) is 0.857. The van der Waals surface area contributed by atoms with Crippen LogP contribution in [0.15, 0.2) is 24.4 Å². The highest BCUT2D eigenvalue weighted by molar-refractivity contribution is 6.31. The third kappa shape index (κ3) is 3.42. The van der Waals surface area contributed by atoms with Crippen LogP contribution in [0.4, 0.5) is 0 Å². The average Bonchev–Trinajstić information content (AvgIpc) is 3.22. The zero-order chi connectivity index (χ0) is 15.6. The molecule has 2 N–H and O–H groups in total. The van der Waals surface area contributed by atoms with Gasteiger partial charge < -0.3 is 15.0 Å². The molecule has 2 aliphatic rings. The maximum absolute atomic E-state index is 6.20. The molecular weight excluding hydrogens is 308 g/mol. The van der Waals surface area contributed by atoms with Gasteiger partial charge in [-0.25, -0.2) is 0 Å².